The smallest absolute Gasteiger partial charge is 0.416 e. The molecule has 2 aromatic heterocycles. The molecule has 0 aliphatic carbocycles. The average Bonchev–Trinajstić information content (AvgIpc) is 3.18. The maximum Gasteiger partial charge on any atom is 0.416 e. The highest BCUT2D eigenvalue weighted by Crippen LogP contribution is 2.25. The minimum absolute atomic E-state index is 0.0304. The minimum atomic E-state index is -1.19. The number of nitrogen functional groups attached to an aromatic ring is 1. The summed E-state index contributed by atoms with van der Waals surface area (Å²) < 4.78 is 0.976. The van der Waals surface area contributed by atoms with Gasteiger partial charge >= 0.3 is 6.09 Å². The van der Waals surface area contributed by atoms with Crippen molar-refractivity contribution in [1.29, 1.82) is 0 Å². The molecule has 0 radical (unpaired) electrons. The van der Waals surface area contributed by atoms with Gasteiger partial charge in [0.1, 0.15) is 5.69 Å². The fraction of sp³-hybridized carbons (Fsp3) is 0. The summed E-state index contributed by atoms with van der Waals surface area (Å²) in [5, 5.41) is 11.2. The van der Waals surface area contributed by atoms with Gasteiger partial charge in [-0.05, 0) is 6.07 Å². The first-order chi connectivity index (χ1) is 11.0. The molecule has 116 valence electrons. The number of ketones is 1. The summed E-state index contributed by atoms with van der Waals surface area (Å²) in [6.07, 6.45) is 0.0574. The SMILES string of the molecule is NNC(=O)c1csc(C(=O)c2cn(C(=O)O)c3ccccc23)n1. The van der Waals surface area contributed by atoms with Crippen LogP contribution in [0.25, 0.3) is 10.9 Å². The van der Waals surface area contributed by atoms with Crippen LogP contribution in [0.3, 0.4) is 0 Å². The van der Waals surface area contributed by atoms with Crippen LogP contribution in [0.5, 0.6) is 0 Å². The Labute approximate surface area is 133 Å². The van der Waals surface area contributed by atoms with Crippen molar-refractivity contribution in [3.05, 3.63) is 52.1 Å². The third-order valence-corrected chi connectivity index (χ3v) is 4.07. The Hall–Kier alpha value is -3.04. The van der Waals surface area contributed by atoms with Crippen LogP contribution in [-0.4, -0.2) is 32.4 Å². The number of thiazole rings is 1. The number of hydrogen-bond acceptors (Lipinski definition) is 6. The van der Waals surface area contributed by atoms with E-state index in [0.29, 0.717) is 10.9 Å². The highest BCUT2D eigenvalue weighted by atomic mass is 32.1. The topological polar surface area (TPSA) is 127 Å². The summed E-state index contributed by atoms with van der Waals surface area (Å²) >= 11 is 0.989. The zero-order valence-electron chi connectivity index (χ0n) is 11.5. The Bertz CT molecular complexity index is 943. The fourth-order valence-electron chi connectivity index (χ4n) is 2.19. The van der Waals surface area contributed by atoms with Crippen molar-refractivity contribution in [3.63, 3.8) is 0 Å². The van der Waals surface area contributed by atoms with Crippen LogP contribution in [0.2, 0.25) is 0 Å². The lowest BCUT2D eigenvalue weighted by Gasteiger charge is -1.95. The van der Waals surface area contributed by atoms with Crippen LogP contribution < -0.4 is 11.3 Å². The van der Waals surface area contributed by atoms with Gasteiger partial charge < -0.3 is 5.11 Å². The highest BCUT2D eigenvalue weighted by molar-refractivity contribution is 7.12. The van der Waals surface area contributed by atoms with E-state index < -0.39 is 17.8 Å². The molecule has 0 atom stereocenters. The molecule has 23 heavy (non-hydrogen) atoms. The number of rotatable bonds is 3. The largest absolute Gasteiger partial charge is 0.464 e. The van der Waals surface area contributed by atoms with Crippen molar-refractivity contribution < 1.29 is 19.5 Å². The van der Waals surface area contributed by atoms with E-state index in [1.165, 1.54) is 11.6 Å². The number of carboxylic acid groups (broad SMARTS) is 1. The van der Waals surface area contributed by atoms with Crippen LogP contribution in [0.4, 0.5) is 4.79 Å². The number of nitrogens with zero attached hydrogens (tertiary/aromatic N) is 2. The highest BCUT2D eigenvalue weighted by Gasteiger charge is 2.22. The first-order valence-electron chi connectivity index (χ1n) is 6.37. The number of nitrogens with two attached hydrogens (primary N) is 1. The van der Waals surface area contributed by atoms with Crippen molar-refractivity contribution in [2.75, 3.05) is 0 Å². The first-order valence-corrected chi connectivity index (χ1v) is 7.25. The number of benzene rings is 1. The normalized spacial score (nSPS) is 10.7. The molecule has 0 unspecified atom stereocenters. The third kappa shape index (κ3) is 2.47. The molecule has 9 heteroatoms. The van der Waals surface area contributed by atoms with E-state index in [1.807, 2.05) is 5.43 Å². The van der Waals surface area contributed by atoms with Crippen LogP contribution in [0.15, 0.2) is 35.8 Å². The number of fused-ring (bicyclic) bond motifs is 1. The quantitative estimate of drug-likeness (QED) is 0.289. The maximum absolute atomic E-state index is 12.6. The molecule has 4 N–H and O–H groups in total. The molecule has 2 heterocycles. The van der Waals surface area contributed by atoms with E-state index in [-0.39, 0.29) is 16.3 Å². The molecule has 0 aliphatic rings. The lowest BCUT2D eigenvalue weighted by Crippen LogP contribution is -2.30. The van der Waals surface area contributed by atoms with Gasteiger partial charge in [-0.3, -0.25) is 19.6 Å². The number of carbonyl (C=O) groups is 3. The average molecular weight is 330 g/mol. The van der Waals surface area contributed by atoms with E-state index in [4.69, 9.17) is 5.84 Å². The molecule has 0 bridgehead atoms. The van der Waals surface area contributed by atoms with Crippen molar-refractivity contribution in [3.8, 4) is 0 Å². The molecule has 0 saturated carbocycles. The van der Waals surface area contributed by atoms with Gasteiger partial charge in [-0.25, -0.2) is 15.6 Å². The minimum Gasteiger partial charge on any atom is -0.464 e. The van der Waals surface area contributed by atoms with Crippen LogP contribution in [0, 0.1) is 0 Å². The van der Waals surface area contributed by atoms with Gasteiger partial charge in [-0.15, -0.1) is 11.3 Å². The Morgan fingerprint density at radius 2 is 2.00 bits per heavy atom. The molecular weight excluding hydrogens is 320 g/mol. The summed E-state index contributed by atoms with van der Waals surface area (Å²) in [4.78, 5) is 39.2. The number of nitrogens with one attached hydrogen (secondary N) is 1. The van der Waals surface area contributed by atoms with E-state index >= 15 is 0 Å². The summed E-state index contributed by atoms with van der Waals surface area (Å²) in [5.74, 6) is 3.96. The Balaban J connectivity index is 2.09. The van der Waals surface area contributed by atoms with Gasteiger partial charge in [0.15, 0.2) is 5.01 Å². The molecule has 3 aromatic rings. The summed E-state index contributed by atoms with van der Waals surface area (Å²) in [6.45, 7) is 0. The molecular formula is C14H10N4O4S. The van der Waals surface area contributed by atoms with Crippen LogP contribution >= 0.6 is 11.3 Å². The second-order valence-corrected chi connectivity index (χ2v) is 5.41. The predicted molar refractivity (Wildman–Crippen MR) is 82.6 cm³/mol. The summed E-state index contributed by atoms with van der Waals surface area (Å²) in [7, 11) is 0. The zero-order chi connectivity index (χ0) is 16.6. The molecule has 8 nitrogen and oxygen atoms in total. The van der Waals surface area contributed by atoms with E-state index in [1.54, 1.807) is 24.3 Å². The molecule has 0 saturated heterocycles. The maximum atomic E-state index is 12.6. The van der Waals surface area contributed by atoms with Crippen LogP contribution in [-0.2, 0) is 0 Å². The third-order valence-electron chi connectivity index (χ3n) is 3.22. The van der Waals surface area contributed by atoms with Crippen molar-refractivity contribution in [2.45, 2.75) is 0 Å². The Morgan fingerprint density at radius 3 is 2.70 bits per heavy atom. The van der Waals surface area contributed by atoms with E-state index in [9.17, 15) is 19.5 Å². The number of amides is 1. The summed E-state index contributed by atoms with van der Waals surface area (Å²) in [6, 6.07) is 6.65. The lowest BCUT2D eigenvalue weighted by atomic mass is 10.1. The lowest BCUT2D eigenvalue weighted by molar-refractivity contribution is 0.0949. The monoisotopic (exact) mass is 330 g/mol. The van der Waals surface area contributed by atoms with Crippen molar-refractivity contribution in [1.82, 2.24) is 15.0 Å². The van der Waals surface area contributed by atoms with Gasteiger partial charge in [0.05, 0.1) is 11.1 Å². The van der Waals surface area contributed by atoms with Gasteiger partial charge in [-0.2, -0.15) is 0 Å². The second-order valence-electron chi connectivity index (χ2n) is 4.55. The van der Waals surface area contributed by atoms with Crippen LogP contribution in [0.1, 0.15) is 25.9 Å². The first kappa shape index (κ1) is 14.9. The molecule has 3 rings (SSSR count). The van der Waals surface area contributed by atoms with Crippen molar-refractivity contribution >= 4 is 40.0 Å². The van der Waals surface area contributed by atoms with Gasteiger partial charge in [-0.1, -0.05) is 18.2 Å². The molecule has 0 fully saturated rings. The fourth-order valence-corrected chi connectivity index (χ4v) is 2.94. The van der Waals surface area contributed by atoms with Gasteiger partial charge in [0.25, 0.3) is 5.91 Å². The Kier molecular flexibility index (Phi) is 3.64. The number of hydrogen-bond donors (Lipinski definition) is 3. The van der Waals surface area contributed by atoms with Gasteiger partial charge in [0, 0.05) is 17.0 Å². The second kappa shape index (κ2) is 5.63. The molecule has 1 aromatic carbocycles. The number of aromatic nitrogens is 2. The number of hydrazine groups is 1. The molecule has 0 aliphatic heterocycles. The van der Waals surface area contributed by atoms with Crippen molar-refractivity contribution in [2.24, 2.45) is 5.84 Å². The standard InChI is InChI=1S/C14H10N4O4S/c15-17-12(20)9-6-23-13(16-9)11(19)8-5-18(14(21)22)10-4-2-1-3-7(8)10/h1-6H,15H2,(H,17,20)(H,21,22). The number of para-hydroxylation sites is 1. The summed E-state index contributed by atoms with van der Waals surface area (Å²) in [5.41, 5.74) is 2.57. The Morgan fingerprint density at radius 1 is 1.26 bits per heavy atom. The zero-order valence-corrected chi connectivity index (χ0v) is 12.3. The van der Waals surface area contributed by atoms with E-state index in [2.05, 4.69) is 4.98 Å². The predicted octanol–water partition coefficient (Wildman–Crippen LogP) is 1.46. The molecule has 0 spiro atoms. The van der Waals surface area contributed by atoms with E-state index in [0.717, 1.165) is 15.9 Å². The number of carbonyl (C=O) groups excluding carboxylic acids is 2. The molecule has 1 amide bonds. The van der Waals surface area contributed by atoms with Gasteiger partial charge in [0.2, 0.25) is 5.78 Å².